The standard InChI is InChI=1S/C19H19ClN4O4/c1-11-8-22-17-15(16(11)28-3)18(26)24(19(27)23(17)2)10-14(25)21-9-12-6-4-5-7-13(12)20/h4-8H,9-10H2,1-3H3,(H,21,25). The van der Waals surface area contributed by atoms with Gasteiger partial charge in [-0.1, -0.05) is 29.8 Å². The van der Waals surface area contributed by atoms with Gasteiger partial charge >= 0.3 is 5.69 Å². The third kappa shape index (κ3) is 3.50. The Hall–Kier alpha value is -3.13. The summed E-state index contributed by atoms with van der Waals surface area (Å²) < 4.78 is 7.42. The molecule has 0 aliphatic heterocycles. The molecule has 0 saturated heterocycles. The molecule has 0 radical (unpaired) electrons. The van der Waals surface area contributed by atoms with E-state index in [4.69, 9.17) is 16.3 Å². The van der Waals surface area contributed by atoms with Crippen LogP contribution in [0.3, 0.4) is 0 Å². The van der Waals surface area contributed by atoms with Crippen molar-refractivity contribution in [3.8, 4) is 5.75 Å². The molecule has 0 fully saturated rings. The number of carbonyl (C=O) groups excluding carboxylic acids is 1. The highest BCUT2D eigenvalue weighted by Crippen LogP contribution is 2.23. The van der Waals surface area contributed by atoms with Crippen LogP contribution in [0, 0.1) is 6.92 Å². The fourth-order valence-electron chi connectivity index (χ4n) is 2.96. The Morgan fingerprint density at radius 2 is 2.00 bits per heavy atom. The van der Waals surface area contributed by atoms with E-state index >= 15 is 0 Å². The zero-order valence-corrected chi connectivity index (χ0v) is 16.4. The number of benzene rings is 1. The van der Waals surface area contributed by atoms with Gasteiger partial charge in [0.1, 0.15) is 17.7 Å². The van der Waals surface area contributed by atoms with Gasteiger partial charge in [0.25, 0.3) is 5.56 Å². The first-order valence-corrected chi connectivity index (χ1v) is 8.86. The van der Waals surface area contributed by atoms with Gasteiger partial charge in [-0.15, -0.1) is 0 Å². The first-order valence-electron chi connectivity index (χ1n) is 8.48. The van der Waals surface area contributed by atoms with Gasteiger partial charge in [-0.25, -0.2) is 14.3 Å². The SMILES string of the molecule is COc1c(C)cnc2c1c(=O)n(CC(=O)NCc1ccccc1Cl)c(=O)n2C. The molecule has 0 aliphatic rings. The van der Waals surface area contributed by atoms with E-state index in [1.165, 1.54) is 24.9 Å². The maximum atomic E-state index is 12.9. The molecule has 146 valence electrons. The number of amides is 1. The van der Waals surface area contributed by atoms with Crippen LogP contribution in [-0.4, -0.2) is 27.1 Å². The Bertz CT molecular complexity index is 1180. The number of rotatable bonds is 5. The molecule has 0 unspecified atom stereocenters. The number of halogens is 1. The third-order valence-corrected chi connectivity index (χ3v) is 4.79. The van der Waals surface area contributed by atoms with Crippen molar-refractivity contribution in [2.45, 2.75) is 20.0 Å². The minimum atomic E-state index is -0.635. The highest BCUT2D eigenvalue weighted by Gasteiger charge is 2.19. The van der Waals surface area contributed by atoms with Crippen LogP contribution in [0.4, 0.5) is 0 Å². The summed E-state index contributed by atoms with van der Waals surface area (Å²) in [7, 11) is 2.93. The normalized spacial score (nSPS) is 10.9. The zero-order valence-electron chi connectivity index (χ0n) is 15.7. The van der Waals surface area contributed by atoms with Crippen LogP contribution in [-0.2, 0) is 24.9 Å². The smallest absolute Gasteiger partial charge is 0.332 e. The summed E-state index contributed by atoms with van der Waals surface area (Å²) in [5.41, 5.74) is 0.325. The number of hydrogen-bond donors (Lipinski definition) is 1. The first kappa shape index (κ1) is 19.6. The lowest BCUT2D eigenvalue weighted by Gasteiger charge is -2.13. The minimum Gasteiger partial charge on any atom is -0.495 e. The first-order chi connectivity index (χ1) is 13.3. The summed E-state index contributed by atoms with van der Waals surface area (Å²) >= 11 is 6.07. The Labute approximate surface area is 165 Å². The molecule has 1 N–H and O–H groups in total. The molecule has 1 amide bonds. The maximum Gasteiger partial charge on any atom is 0.332 e. The summed E-state index contributed by atoms with van der Waals surface area (Å²) in [5.74, 6) is -0.158. The predicted molar refractivity (Wildman–Crippen MR) is 106 cm³/mol. The van der Waals surface area contributed by atoms with E-state index in [9.17, 15) is 14.4 Å². The number of pyridine rings is 1. The Balaban J connectivity index is 1.97. The third-order valence-electron chi connectivity index (χ3n) is 4.42. The molecule has 3 rings (SSSR count). The van der Waals surface area contributed by atoms with E-state index < -0.39 is 23.7 Å². The predicted octanol–water partition coefficient (Wildman–Crippen LogP) is 1.38. The molecule has 0 saturated carbocycles. The van der Waals surface area contributed by atoms with Gasteiger partial charge in [0, 0.05) is 30.4 Å². The van der Waals surface area contributed by atoms with Gasteiger partial charge in [-0.3, -0.25) is 14.2 Å². The van der Waals surface area contributed by atoms with Gasteiger partial charge in [-0.2, -0.15) is 0 Å². The van der Waals surface area contributed by atoms with Crippen molar-refractivity contribution in [3.05, 3.63) is 67.4 Å². The maximum absolute atomic E-state index is 12.9. The molecular formula is C19H19ClN4O4. The number of hydrogen-bond acceptors (Lipinski definition) is 5. The number of ether oxygens (including phenoxy) is 1. The molecule has 28 heavy (non-hydrogen) atoms. The second kappa shape index (κ2) is 7.85. The number of fused-ring (bicyclic) bond motifs is 1. The van der Waals surface area contributed by atoms with Crippen molar-refractivity contribution >= 4 is 28.5 Å². The molecule has 9 heteroatoms. The molecule has 0 bridgehead atoms. The number of aryl methyl sites for hydroxylation is 2. The molecule has 0 spiro atoms. The van der Waals surface area contributed by atoms with Crippen LogP contribution in [0.5, 0.6) is 5.75 Å². The summed E-state index contributed by atoms with van der Waals surface area (Å²) in [5, 5.41) is 3.35. The molecular weight excluding hydrogens is 384 g/mol. The zero-order chi connectivity index (χ0) is 20.4. The molecule has 0 aliphatic carbocycles. The lowest BCUT2D eigenvalue weighted by Crippen LogP contribution is -2.43. The Kier molecular flexibility index (Phi) is 5.51. The monoisotopic (exact) mass is 402 g/mol. The van der Waals surface area contributed by atoms with Crippen LogP contribution in [0.25, 0.3) is 11.0 Å². The average Bonchev–Trinajstić information content (AvgIpc) is 2.68. The second-order valence-corrected chi connectivity index (χ2v) is 6.68. The van der Waals surface area contributed by atoms with Gasteiger partial charge in [0.15, 0.2) is 5.65 Å². The van der Waals surface area contributed by atoms with Gasteiger partial charge in [0.2, 0.25) is 5.91 Å². The number of aromatic nitrogens is 3. The van der Waals surface area contributed by atoms with Crippen LogP contribution in [0.2, 0.25) is 5.02 Å². The minimum absolute atomic E-state index is 0.156. The fourth-order valence-corrected chi connectivity index (χ4v) is 3.16. The lowest BCUT2D eigenvalue weighted by atomic mass is 10.2. The molecule has 0 atom stereocenters. The number of nitrogens with zero attached hydrogens (tertiary/aromatic N) is 3. The van der Waals surface area contributed by atoms with Crippen molar-refractivity contribution in [3.63, 3.8) is 0 Å². The van der Waals surface area contributed by atoms with Crippen LogP contribution in [0.1, 0.15) is 11.1 Å². The number of carbonyl (C=O) groups is 1. The van der Waals surface area contributed by atoms with E-state index in [2.05, 4.69) is 10.3 Å². The van der Waals surface area contributed by atoms with Gasteiger partial charge in [0.05, 0.1) is 7.11 Å². The largest absolute Gasteiger partial charge is 0.495 e. The van der Waals surface area contributed by atoms with Crippen molar-refractivity contribution < 1.29 is 9.53 Å². The Morgan fingerprint density at radius 1 is 1.29 bits per heavy atom. The average molecular weight is 403 g/mol. The van der Waals surface area contributed by atoms with Gasteiger partial charge < -0.3 is 10.1 Å². The lowest BCUT2D eigenvalue weighted by molar-refractivity contribution is -0.121. The van der Waals surface area contributed by atoms with E-state index in [0.717, 1.165) is 10.1 Å². The van der Waals surface area contributed by atoms with Crippen LogP contribution < -0.4 is 21.3 Å². The van der Waals surface area contributed by atoms with Gasteiger partial charge in [-0.05, 0) is 18.6 Å². The van der Waals surface area contributed by atoms with Crippen LogP contribution >= 0.6 is 11.6 Å². The van der Waals surface area contributed by atoms with E-state index in [1.54, 1.807) is 31.2 Å². The molecule has 8 nitrogen and oxygen atoms in total. The van der Waals surface area contributed by atoms with Crippen LogP contribution in [0.15, 0.2) is 40.1 Å². The second-order valence-electron chi connectivity index (χ2n) is 6.27. The molecule has 3 aromatic rings. The fraction of sp³-hybridized carbons (Fsp3) is 0.263. The Morgan fingerprint density at radius 3 is 2.68 bits per heavy atom. The molecule has 2 aromatic heterocycles. The number of methoxy groups -OCH3 is 1. The summed E-state index contributed by atoms with van der Waals surface area (Å²) in [6.45, 7) is 1.50. The highest BCUT2D eigenvalue weighted by atomic mass is 35.5. The van der Waals surface area contributed by atoms with E-state index in [0.29, 0.717) is 16.3 Å². The molecule has 2 heterocycles. The quantitative estimate of drug-likeness (QED) is 0.695. The summed E-state index contributed by atoms with van der Waals surface area (Å²) in [6.07, 6.45) is 1.53. The summed E-state index contributed by atoms with van der Waals surface area (Å²) in [4.78, 5) is 42.1. The highest BCUT2D eigenvalue weighted by molar-refractivity contribution is 6.31. The van der Waals surface area contributed by atoms with Crippen molar-refractivity contribution in [1.82, 2.24) is 19.4 Å². The van der Waals surface area contributed by atoms with Crippen molar-refractivity contribution in [2.75, 3.05) is 7.11 Å². The van der Waals surface area contributed by atoms with Crippen molar-refractivity contribution in [2.24, 2.45) is 7.05 Å². The van der Waals surface area contributed by atoms with E-state index in [-0.39, 0.29) is 17.6 Å². The van der Waals surface area contributed by atoms with E-state index in [1.807, 2.05) is 0 Å². The number of nitrogens with one attached hydrogen (secondary N) is 1. The topological polar surface area (TPSA) is 95.2 Å². The summed E-state index contributed by atoms with van der Waals surface area (Å²) in [6, 6.07) is 7.09. The molecule has 1 aromatic carbocycles. The van der Waals surface area contributed by atoms with Crippen molar-refractivity contribution in [1.29, 1.82) is 0 Å².